The Morgan fingerprint density at radius 2 is 1.90 bits per heavy atom. The minimum Gasteiger partial charge on any atom is -0.371 e. The van der Waals surface area contributed by atoms with Gasteiger partial charge in [0.2, 0.25) is 11.7 Å². The molecule has 1 saturated heterocycles. The first-order valence-electron chi connectivity index (χ1n) is 9.19. The normalized spacial score (nSPS) is 17.2. The SMILES string of the molecule is NC(=O)C1CCCN(c2ccnc(-c3cc(-c4noc(C(F)(F)F)n4)ccn3)c2)C1. The Labute approximate surface area is 168 Å². The van der Waals surface area contributed by atoms with E-state index in [1.54, 1.807) is 12.3 Å². The number of nitrogens with zero attached hydrogens (tertiary/aromatic N) is 5. The van der Waals surface area contributed by atoms with Crippen molar-refractivity contribution >= 4 is 11.6 Å². The number of carbonyl (C=O) groups is 1. The second-order valence-corrected chi connectivity index (χ2v) is 6.94. The summed E-state index contributed by atoms with van der Waals surface area (Å²) in [7, 11) is 0. The summed E-state index contributed by atoms with van der Waals surface area (Å²) in [5.41, 5.74) is 7.59. The molecule has 8 nitrogen and oxygen atoms in total. The predicted octanol–water partition coefficient (Wildman–Crippen LogP) is 2.91. The number of rotatable bonds is 4. The highest BCUT2D eigenvalue weighted by atomic mass is 19.4. The zero-order valence-electron chi connectivity index (χ0n) is 15.6. The van der Waals surface area contributed by atoms with Gasteiger partial charge in [0.15, 0.2) is 0 Å². The smallest absolute Gasteiger partial charge is 0.371 e. The largest absolute Gasteiger partial charge is 0.471 e. The number of aromatic nitrogens is 4. The average molecular weight is 418 g/mol. The van der Waals surface area contributed by atoms with Crippen LogP contribution in [-0.4, -0.2) is 39.1 Å². The first-order chi connectivity index (χ1) is 14.3. The van der Waals surface area contributed by atoms with Gasteiger partial charge in [0, 0.05) is 36.7 Å². The minimum atomic E-state index is -4.71. The van der Waals surface area contributed by atoms with E-state index in [1.807, 2.05) is 12.1 Å². The van der Waals surface area contributed by atoms with Gasteiger partial charge in [-0.2, -0.15) is 18.2 Å². The Hall–Kier alpha value is -3.50. The molecular weight excluding hydrogens is 401 g/mol. The van der Waals surface area contributed by atoms with Gasteiger partial charge < -0.3 is 15.2 Å². The number of hydrogen-bond acceptors (Lipinski definition) is 7. The van der Waals surface area contributed by atoms with Crippen LogP contribution in [-0.2, 0) is 11.0 Å². The highest BCUT2D eigenvalue weighted by Crippen LogP contribution is 2.31. The molecule has 1 unspecified atom stereocenters. The third-order valence-corrected chi connectivity index (χ3v) is 4.88. The topological polar surface area (TPSA) is 111 Å². The lowest BCUT2D eigenvalue weighted by Gasteiger charge is -2.33. The molecule has 30 heavy (non-hydrogen) atoms. The number of primary amides is 1. The molecule has 1 aliphatic heterocycles. The molecule has 1 aliphatic rings. The second kappa shape index (κ2) is 7.73. The minimum absolute atomic E-state index is 0.192. The van der Waals surface area contributed by atoms with Crippen LogP contribution in [0, 0.1) is 5.92 Å². The molecule has 156 valence electrons. The van der Waals surface area contributed by atoms with Crippen molar-refractivity contribution in [1.29, 1.82) is 0 Å². The molecule has 0 radical (unpaired) electrons. The fourth-order valence-corrected chi connectivity index (χ4v) is 3.37. The van der Waals surface area contributed by atoms with Crippen molar-refractivity contribution in [1.82, 2.24) is 20.1 Å². The number of hydrogen-bond donors (Lipinski definition) is 1. The Morgan fingerprint density at radius 3 is 2.60 bits per heavy atom. The van der Waals surface area contributed by atoms with Gasteiger partial charge in [0.25, 0.3) is 0 Å². The zero-order chi connectivity index (χ0) is 21.3. The lowest BCUT2D eigenvalue weighted by atomic mass is 9.97. The van der Waals surface area contributed by atoms with Gasteiger partial charge in [-0.3, -0.25) is 14.8 Å². The predicted molar refractivity (Wildman–Crippen MR) is 99.9 cm³/mol. The number of halogens is 3. The lowest BCUT2D eigenvalue weighted by Crippen LogP contribution is -2.41. The molecule has 0 spiro atoms. The third-order valence-electron chi connectivity index (χ3n) is 4.88. The van der Waals surface area contributed by atoms with Crippen LogP contribution in [0.1, 0.15) is 18.7 Å². The van der Waals surface area contributed by atoms with E-state index in [0.717, 1.165) is 25.1 Å². The Kier molecular flexibility index (Phi) is 5.10. The summed E-state index contributed by atoms with van der Waals surface area (Å²) in [6.45, 7) is 1.30. The first kappa shape index (κ1) is 19.8. The number of alkyl halides is 3. The summed E-state index contributed by atoms with van der Waals surface area (Å²) in [6, 6.07) is 6.67. The van der Waals surface area contributed by atoms with Gasteiger partial charge in [-0.1, -0.05) is 5.16 Å². The summed E-state index contributed by atoms with van der Waals surface area (Å²) >= 11 is 0. The summed E-state index contributed by atoms with van der Waals surface area (Å²) in [5.74, 6) is -2.13. The lowest BCUT2D eigenvalue weighted by molar-refractivity contribution is -0.159. The number of nitrogens with two attached hydrogens (primary N) is 1. The van der Waals surface area contributed by atoms with E-state index in [2.05, 4.69) is 29.5 Å². The van der Waals surface area contributed by atoms with E-state index >= 15 is 0 Å². The van der Waals surface area contributed by atoms with Crippen molar-refractivity contribution in [2.24, 2.45) is 11.7 Å². The van der Waals surface area contributed by atoms with Gasteiger partial charge in [0.1, 0.15) is 0 Å². The quantitative estimate of drug-likeness (QED) is 0.693. The van der Waals surface area contributed by atoms with E-state index < -0.39 is 12.1 Å². The fraction of sp³-hybridized carbons (Fsp3) is 0.316. The number of pyridine rings is 2. The van der Waals surface area contributed by atoms with Crippen molar-refractivity contribution in [2.45, 2.75) is 19.0 Å². The van der Waals surface area contributed by atoms with Gasteiger partial charge in [-0.25, -0.2) is 0 Å². The van der Waals surface area contributed by atoms with Gasteiger partial charge in [-0.05, 0) is 37.1 Å². The molecule has 1 atom stereocenters. The summed E-state index contributed by atoms with van der Waals surface area (Å²) in [4.78, 5) is 25.6. The number of piperidine rings is 1. The molecule has 0 aliphatic carbocycles. The maximum atomic E-state index is 12.7. The van der Waals surface area contributed by atoms with Crippen molar-refractivity contribution in [3.05, 3.63) is 42.5 Å². The van der Waals surface area contributed by atoms with E-state index in [1.165, 1.54) is 12.3 Å². The third kappa shape index (κ3) is 4.09. The van der Waals surface area contributed by atoms with Crippen molar-refractivity contribution in [3.8, 4) is 22.8 Å². The van der Waals surface area contributed by atoms with Crippen LogP contribution < -0.4 is 10.6 Å². The van der Waals surface area contributed by atoms with Crippen LogP contribution in [0.5, 0.6) is 0 Å². The molecular formula is C19H17F3N6O2. The number of anilines is 1. The maximum absolute atomic E-state index is 12.7. The molecule has 0 aromatic carbocycles. The van der Waals surface area contributed by atoms with Gasteiger partial charge >= 0.3 is 12.1 Å². The van der Waals surface area contributed by atoms with Gasteiger partial charge in [0.05, 0.1) is 17.3 Å². The molecule has 3 aromatic rings. The van der Waals surface area contributed by atoms with Crippen LogP contribution in [0.4, 0.5) is 18.9 Å². The molecule has 3 aromatic heterocycles. The van der Waals surface area contributed by atoms with Crippen molar-refractivity contribution < 1.29 is 22.5 Å². The van der Waals surface area contributed by atoms with Crippen LogP contribution in [0.15, 0.2) is 41.2 Å². The molecule has 1 amide bonds. The molecule has 11 heteroatoms. The second-order valence-electron chi connectivity index (χ2n) is 6.94. The Morgan fingerprint density at radius 1 is 1.17 bits per heavy atom. The van der Waals surface area contributed by atoms with Crippen LogP contribution in [0.2, 0.25) is 0 Å². The molecule has 2 N–H and O–H groups in total. The van der Waals surface area contributed by atoms with E-state index in [4.69, 9.17) is 5.73 Å². The summed E-state index contributed by atoms with van der Waals surface area (Å²) < 4.78 is 42.4. The number of carbonyl (C=O) groups excluding carboxylic acids is 1. The first-order valence-corrected chi connectivity index (χ1v) is 9.19. The Bertz CT molecular complexity index is 1070. The molecule has 0 bridgehead atoms. The average Bonchev–Trinajstić information content (AvgIpc) is 3.25. The van der Waals surface area contributed by atoms with Crippen LogP contribution in [0.3, 0.4) is 0 Å². The fourth-order valence-electron chi connectivity index (χ4n) is 3.37. The molecule has 1 fully saturated rings. The monoisotopic (exact) mass is 418 g/mol. The van der Waals surface area contributed by atoms with Crippen molar-refractivity contribution in [2.75, 3.05) is 18.0 Å². The van der Waals surface area contributed by atoms with Gasteiger partial charge in [-0.15, -0.1) is 0 Å². The van der Waals surface area contributed by atoms with E-state index in [-0.39, 0.29) is 17.6 Å². The molecule has 4 rings (SSSR count). The highest BCUT2D eigenvalue weighted by Gasteiger charge is 2.38. The van der Waals surface area contributed by atoms with E-state index in [0.29, 0.717) is 23.5 Å². The Balaban J connectivity index is 1.61. The molecule has 4 heterocycles. The van der Waals surface area contributed by atoms with Crippen molar-refractivity contribution in [3.63, 3.8) is 0 Å². The highest BCUT2D eigenvalue weighted by molar-refractivity contribution is 5.77. The molecule has 0 saturated carbocycles. The van der Waals surface area contributed by atoms with E-state index in [9.17, 15) is 18.0 Å². The van der Waals surface area contributed by atoms with Crippen LogP contribution in [0.25, 0.3) is 22.8 Å². The number of amides is 1. The maximum Gasteiger partial charge on any atom is 0.471 e. The standard InChI is InChI=1S/C19H17F3N6O2/c20-19(21,22)18-26-17(27-30-18)11-3-5-24-14(8-11)15-9-13(4-6-25-15)28-7-1-2-12(10-28)16(23)29/h3-6,8-9,12H,1-2,7,10H2,(H2,23,29). The zero-order valence-corrected chi connectivity index (χ0v) is 15.6. The van der Waals surface area contributed by atoms with Crippen LogP contribution >= 0.6 is 0 Å². The summed E-state index contributed by atoms with van der Waals surface area (Å²) in [5, 5.41) is 3.40. The summed E-state index contributed by atoms with van der Waals surface area (Å²) in [6.07, 6.45) is -0.0553.